The lowest BCUT2D eigenvalue weighted by atomic mass is 10.0. The third-order valence-electron chi connectivity index (χ3n) is 2.39. The van der Waals surface area contributed by atoms with Gasteiger partial charge in [0.05, 0.1) is 5.60 Å². The van der Waals surface area contributed by atoms with Crippen LogP contribution in [0.25, 0.3) is 0 Å². The molecule has 0 saturated carbocycles. The van der Waals surface area contributed by atoms with E-state index in [1.54, 1.807) is 0 Å². The Bertz CT molecular complexity index is 145. The molecule has 1 heterocycles. The predicted octanol–water partition coefficient (Wildman–Crippen LogP) is 1.84. The van der Waals surface area contributed by atoms with Gasteiger partial charge >= 0.3 is 0 Å². The molecule has 0 aromatic carbocycles. The largest absolute Gasteiger partial charge is 0.389 e. The highest BCUT2D eigenvalue weighted by atomic mass is 33.1. The predicted molar refractivity (Wildman–Crippen MR) is 62.3 cm³/mol. The maximum atomic E-state index is 9.91. The van der Waals surface area contributed by atoms with E-state index in [9.17, 15) is 5.11 Å². The molecular weight excluding hydrogens is 202 g/mol. The Balaban J connectivity index is 2.33. The molecule has 0 spiro atoms. The van der Waals surface area contributed by atoms with Crippen molar-refractivity contribution in [1.29, 1.82) is 0 Å². The first-order valence-electron chi connectivity index (χ1n) is 4.83. The Morgan fingerprint density at radius 2 is 1.85 bits per heavy atom. The average Bonchev–Trinajstić information content (AvgIpc) is 2.32. The van der Waals surface area contributed by atoms with E-state index < -0.39 is 5.60 Å². The van der Waals surface area contributed by atoms with Gasteiger partial charge in [-0.25, -0.2) is 0 Å². The van der Waals surface area contributed by atoms with Gasteiger partial charge in [0, 0.05) is 31.1 Å². The Morgan fingerprint density at radius 1 is 1.31 bits per heavy atom. The van der Waals surface area contributed by atoms with Crippen LogP contribution in [0.2, 0.25) is 0 Å². The number of nitrogens with zero attached hydrogens (tertiary/aromatic N) is 1. The molecule has 0 aromatic rings. The second-order valence-electron chi connectivity index (χ2n) is 3.77. The van der Waals surface area contributed by atoms with Gasteiger partial charge < -0.3 is 5.11 Å². The van der Waals surface area contributed by atoms with E-state index >= 15 is 0 Å². The van der Waals surface area contributed by atoms with Gasteiger partial charge in [0.15, 0.2) is 0 Å². The summed E-state index contributed by atoms with van der Waals surface area (Å²) in [6, 6.07) is 0. The van der Waals surface area contributed by atoms with Gasteiger partial charge in [0.2, 0.25) is 0 Å². The molecule has 0 radical (unpaired) electrons. The van der Waals surface area contributed by atoms with Gasteiger partial charge in [-0.2, -0.15) is 0 Å². The van der Waals surface area contributed by atoms with E-state index in [2.05, 4.69) is 4.90 Å². The van der Waals surface area contributed by atoms with E-state index in [1.165, 1.54) is 11.5 Å². The maximum Gasteiger partial charge on any atom is 0.0743 e. The van der Waals surface area contributed by atoms with Crippen molar-refractivity contribution in [3.63, 3.8) is 0 Å². The lowest BCUT2D eigenvalue weighted by molar-refractivity contribution is 0.0200. The Hall–Kier alpha value is 0.620. The summed E-state index contributed by atoms with van der Waals surface area (Å²) in [5.74, 6) is 2.37. The second-order valence-corrected chi connectivity index (χ2v) is 6.47. The fraction of sp³-hybridized carbons (Fsp3) is 1.00. The molecule has 1 rings (SSSR count). The SMILES string of the molecule is CCC(C)(O)CN1CCSSCC1. The summed E-state index contributed by atoms with van der Waals surface area (Å²) in [4.78, 5) is 2.37. The van der Waals surface area contributed by atoms with Crippen molar-refractivity contribution in [3.05, 3.63) is 0 Å². The number of hydrogen-bond acceptors (Lipinski definition) is 4. The summed E-state index contributed by atoms with van der Waals surface area (Å²) in [5, 5.41) is 9.91. The third kappa shape index (κ3) is 4.58. The van der Waals surface area contributed by atoms with Crippen molar-refractivity contribution < 1.29 is 5.11 Å². The summed E-state index contributed by atoms with van der Waals surface area (Å²) in [6.45, 7) is 7.03. The number of aliphatic hydroxyl groups is 1. The summed E-state index contributed by atoms with van der Waals surface area (Å²) in [7, 11) is 3.89. The molecule has 78 valence electrons. The van der Waals surface area contributed by atoms with Crippen LogP contribution in [-0.4, -0.2) is 46.7 Å². The van der Waals surface area contributed by atoms with E-state index in [0.29, 0.717) is 0 Å². The van der Waals surface area contributed by atoms with Crippen LogP contribution in [-0.2, 0) is 0 Å². The van der Waals surface area contributed by atoms with Crippen molar-refractivity contribution in [2.45, 2.75) is 25.9 Å². The zero-order valence-electron chi connectivity index (χ0n) is 8.45. The van der Waals surface area contributed by atoms with Gasteiger partial charge in [0.25, 0.3) is 0 Å². The minimum atomic E-state index is -0.500. The number of rotatable bonds is 3. The minimum absolute atomic E-state index is 0.500. The first-order valence-corrected chi connectivity index (χ1v) is 7.32. The molecule has 1 saturated heterocycles. The summed E-state index contributed by atoms with van der Waals surface area (Å²) in [6.07, 6.45) is 0.837. The zero-order valence-corrected chi connectivity index (χ0v) is 10.1. The van der Waals surface area contributed by atoms with Crippen molar-refractivity contribution in [2.75, 3.05) is 31.1 Å². The summed E-state index contributed by atoms with van der Waals surface area (Å²) < 4.78 is 0. The normalized spacial score (nSPS) is 25.2. The number of β-amino-alcohol motifs (C(OH)–C–C–N with tert-alkyl or cyclic N) is 1. The Labute approximate surface area is 88.9 Å². The molecule has 13 heavy (non-hydrogen) atoms. The quantitative estimate of drug-likeness (QED) is 0.735. The zero-order chi connectivity index (χ0) is 9.73. The molecular formula is C9H19NOS2. The number of hydrogen-bond donors (Lipinski definition) is 1. The van der Waals surface area contributed by atoms with Crippen molar-refractivity contribution in [2.24, 2.45) is 0 Å². The fourth-order valence-electron chi connectivity index (χ4n) is 1.31. The first kappa shape index (κ1) is 11.7. The molecule has 0 aromatic heterocycles. The lowest BCUT2D eigenvalue weighted by Crippen LogP contribution is -2.41. The van der Waals surface area contributed by atoms with Crippen LogP contribution >= 0.6 is 21.6 Å². The molecule has 0 bridgehead atoms. The molecule has 1 N–H and O–H groups in total. The van der Waals surface area contributed by atoms with E-state index in [4.69, 9.17) is 0 Å². The minimum Gasteiger partial charge on any atom is -0.389 e. The van der Waals surface area contributed by atoms with Crippen LogP contribution in [0.5, 0.6) is 0 Å². The first-order chi connectivity index (χ1) is 6.14. The fourth-order valence-corrected chi connectivity index (χ4v) is 3.37. The summed E-state index contributed by atoms with van der Waals surface area (Å²) >= 11 is 0. The average molecular weight is 221 g/mol. The smallest absolute Gasteiger partial charge is 0.0743 e. The molecule has 1 atom stereocenters. The molecule has 4 heteroatoms. The lowest BCUT2D eigenvalue weighted by Gasteiger charge is -2.29. The monoisotopic (exact) mass is 221 g/mol. The van der Waals surface area contributed by atoms with Crippen LogP contribution in [0.4, 0.5) is 0 Å². The molecule has 1 aliphatic rings. The highest BCUT2D eigenvalue weighted by Gasteiger charge is 2.22. The molecule has 0 amide bonds. The second kappa shape index (κ2) is 5.49. The van der Waals surface area contributed by atoms with Gasteiger partial charge in [0.1, 0.15) is 0 Å². The highest BCUT2D eigenvalue weighted by Crippen LogP contribution is 2.24. The third-order valence-corrected chi connectivity index (χ3v) is 4.76. The van der Waals surface area contributed by atoms with Crippen molar-refractivity contribution in [1.82, 2.24) is 4.90 Å². The molecule has 2 nitrogen and oxygen atoms in total. The van der Waals surface area contributed by atoms with Crippen LogP contribution in [0.15, 0.2) is 0 Å². The molecule has 1 fully saturated rings. The summed E-state index contributed by atoms with van der Waals surface area (Å²) in [5.41, 5.74) is -0.500. The van der Waals surface area contributed by atoms with E-state index in [1.807, 2.05) is 35.4 Å². The Morgan fingerprint density at radius 3 is 2.31 bits per heavy atom. The van der Waals surface area contributed by atoms with Gasteiger partial charge in [-0.3, -0.25) is 4.90 Å². The van der Waals surface area contributed by atoms with Crippen LogP contribution in [0, 0.1) is 0 Å². The Kier molecular flexibility index (Phi) is 4.94. The highest BCUT2D eigenvalue weighted by molar-refractivity contribution is 8.76. The van der Waals surface area contributed by atoms with E-state index in [0.717, 1.165) is 26.1 Å². The molecule has 0 aliphatic carbocycles. The van der Waals surface area contributed by atoms with Crippen molar-refractivity contribution in [3.8, 4) is 0 Å². The van der Waals surface area contributed by atoms with Crippen LogP contribution in [0.1, 0.15) is 20.3 Å². The van der Waals surface area contributed by atoms with Crippen molar-refractivity contribution >= 4 is 21.6 Å². The topological polar surface area (TPSA) is 23.5 Å². The molecule has 1 aliphatic heterocycles. The van der Waals surface area contributed by atoms with Gasteiger partial charge in [-0.1, -0.05) is 28.5 Å². The van der Waals surface area contributed by atoms with E-state index in [-0.39, 0.29) is 0 Å². The van der Waals surface area contributed by atoms with Gasteiger partial charge in [-0.15, -0.1) is 0 Å². The van der Waals surface area contributed by atoms with Crippen LogP contribution in [0.3, 0.4) is 0 Å². The van der Waals surface area contributed by atoms with Crippen LogP contribution < -0.4 is 0 Å². The standard InChI is InChI=1S/C9H19NOS2/c1-3-9(2,11)8-10-4-6-12-13-7-5-10/h11H,3-8H2,1-2H3. The maximum absolute atomic E-state index is 9.91. The molecule has 1 unspecified atom stereocenters. The van der Waals surface area contributed by atoms with Gasteiger partial charge in [-0.05, 0) is 13.3 Å².